The molecule has 2 atom stereocenters. The van der Waals surface area contributed by atoms with Crippen molar-refractivity contribution in [3.8, 4) is 5.75 Å². The van der Waals surface area contributed by atoms with Crippen LogP contribution in [0.1, 0.15) is 17.5 Å². The molecule has 23 heavy (non-hydrogen) atoms. The van der Waals surface area contributed by atoms with Gasteiger partial charge in [0, 0.05) is 17.6 Å². The van der Waals surface area contributed by atoms with Crippen LogP contribution in [0.2, 0.25) is 5.02 Å². The number of aliphatic hydroxyl groups excluding tert-OH is 1. The Labute approximate surface area is 142 Å². The average Bonchev–Trinajstić information content (AvgIpc) is 2.58. The fourth-order valence-electron chi connectivity index (χ4n) is 2.98. The number of fused-ring (bicyclic) bond motifs is 1. The largest absolute Gasteiger partial charge is 0.491 e. The highest BCUT2D eigenvalue weighted by molar-refractivity contribution is 6.30. The lowest BCUT2D eigenvalue weighted by Gasteiger charge is -2.26. The van der Waals surface area contributed by atoms with Crippen LogP contribution >= 0.6 is 11.6 Å². The molecule has 122 valence electrons. The highest BCUT2D eigenvalue weighted by atomic mass is 35.5. The summed E-state index contributed by atoms with van der Waals surface area (Å²) in [5.41, 5.74) is 2.87. The quantitative estimate of drug-likeness (QED) is 0.854. The highest BCUT2D eigenvalue weighted by Crippen LogP contribution is 2.21. The second-order valence-electron chi connectivity index (χ2n) is 6.04. The summed E-state index contributed by atoms with van der Waals surface area (Å²) in [5, 5.41) is 14.2. The van der Waals surface area contributed by atoms with E-state index in [-0.39, 0.29) is 6.61 Å². The van der Waals surface area contributed by atoms with Gasteiger partial charge in [0.1, 0.15) is 18.5 Å². The summed E-state index contributed by atoms with van der Waals surface area (Å²) in [6, 6.07) is 16.2. The van der Waals surface area contributed by atoms with Crippen LogP contribution in [0.4, 0.5) is 0 Å². The molecule has 0 aliphatic heterocycles. The van der Waals surface area contributed by atoms with Crippen molar-refractivity contribution in [2.24, 2.45) is 0 Å². The molecule has 0 amide bonds. The van der Waals surface area contributed by atoms with Crippen molar-refractivity contribution >= 4 is 11.6 Å². The van der Waals surface area contributed by atoms with Crippen molar-refractivity contribution in [2.75, 3.05) is 13.2 Å². The summed E-state index contributed by atoms with van der Waals surface area (Å²) in [4.78, 5) is 0. The molecule has 2 aromatic rings. The van der Waals surface area contributed by atoms with E-state index in [1.54, 1.807) is 12.1 Å². The molecule has 4 heteroatoms. The number of aliphatic hydroxyl groups is 1. The van der Waals surface area contributed by atoms with Crippen LogP contribution < -0.4 is 10.1 Å². The van der Waals surface area contributed by atoms with Gasteiger partial charge in [-0.1, -0.05) is 41.9 Å². The third-order valence-electron chi connectivity index (χ3n) is 4.23. The lowest BCUT2D eigenvalue weighted by molar-refractivity contribution is 0.103. The number of rotatable bonds is 6. The second kappa shape index (κ2) is 7.82. The average molecular weight is 332 g/mol. The summed E-state index contributed by atoms with van der Waals surface area (Å²) in [6.07, 6.45) is 2.70. The van der Waals surface area contributed by atoms with Crippen molar-refractivity contribution in [1.82, 2.24) is 5.32 Å². The molecule has 0 saturated heterocycles. The van der Waals surface area contributed by atoms with Crippen molar-refractivity contribution in [1.29, 1.82) is 0 Å². The summed E-state index contributed by atoms with van der Waals surface area (Å²) < 4.78 is 5.57. The Hall–Kier alpha value is -1.55. The van der Waals surface area contributed by atoms with E-state index in [0.29, 0.717) is 23.4 Å². The van der Waals surface area contributed by atoms with Gasteiger partial charge in [-0.25, -0.2) is 0 Å². The van der Waals surface area contributed by atoms with Gasteiger partial charge in [-0.15, -0.1) is 0 Å². The van der Waals surface area contributed by atoms with Gasteiger partial charge in [-0.2, -0.15) is 0 Å². The lowest BCUT2D eigenvalue weighted by atomic mass is 9.88. The molecule has 3 nitrogen and oxygen atoms in total. The predicted octanol–water partition coefficient (Wildman–Crippen LogP) is 3.23. The van der Waals surface area contributed by atoms with E-state index in [4.69, 9.17) is 16.3 Å². The summed E-state index contributed by atoms with van der Waals surface area (Å²) in [5.74, 6) is 0.683. The topological polar surface area (TPSA) is 41.5 Å². The Morgan fingerprint density at radius 1 is 1.17 bits per heavy atom. The smallest absolute Gasteiger partial charge is 0.120 e. The van der Waals surface area contributed by atoms with Gasteiger partial charge in [0.15, 0.2) is 0 Å². The molecule has 0 aromatic heterocycles. The van der Waals surface area contributed by atoms with Crippen molar-refractivity contribution < 1.29 is 9.84 Å². The summed E-state index contributed by atoms with van der Waals surface area (Å²) in [6.45, 7) is 0.796. The molecule has 0 spiro atoms. The molecule has 0 bridgehead atoms. The van der Waals surface area contributed by atoms with E-state index in [1.165, 1.54) is 11.1 Å². The monoisotopic (exact) mass is 331 g/mol. The van der Waals surface area contributed by atoms with Gasteiger partial charge in [-0.3, -0.25) is 0 Å². The molecular weight excluding hydrogens is 310 g/mol. The zero-order chi connectivity index (χ0) is 16.1. The van der Waals surface area contributed by atoms with E-state index in [1.807, 2.05) is 12.1 Å². The molecule has 1 aliphatic carbocycles. The molecule has 0 radical (unpaired) electrons. The van der Waals surface area contributed by atoms with Crippen molar-refractivity contribution in [3.63, 3.8) is 0 Å². The van der Waals surface area contributed by atoms with Gasteiger partial charge >= 0.3 is 0 Å². The Kier molecular flexibility index (Phi) is 5.55. The van der Waals surface area contributed by atoms with Crippen LogP contribution in [-0.2, 0) is 12.8 Å². The zero-order valence-corrected chi connectivity index (χ0v) is 13.8. The Bertz CT molecular complexity index is 647. The van der Waals surface area contributed by atoms with E-state index >= 15 is 0 Å². The van der Waals surface area contributed by atoms with E-state index in [0.717, 1.165) is 19.3 Å². The van der Waals surface area contributed by atoms with Crippen LogP contribution in [0.3, 0.4) is 0 Å². The maximum absolute atomic E-state index is 10.1. The van der Waals surface area contributed by atoms with Crippen LogP contribution in [0.5, 0.6) is 5.75 Å². The SMILES string of the molecule is OC(CNC1CCc2ccccc2C1)COc1cccc(Cl)c1. The fourth-order valence-corrected chi connectivity index (χ4v) is 3.16. The van der Waals surface area contributed by atoms with Gasteiger partial charge in [0.25, 0.3) is 0 Å². The third kappa shape index (κ3) is 4.71. The first-order valence-corrected chi connectivity index (χ1v) is 8.45. The number of aryl methyl sites for hydroxylation is 1. The first-order chi connectivity index (χ1) is 11.2. The normalized spacial score (nSPS) is 18.3. The summed E-state index contributed by atoms with van der Waals surface area (Å²) in [7, 11) is 0. The predicted molar refractivity (Wildman–Crippen MR) is 93.2 cm³/mol. The molecule has 2 N–H and O–H groups in total. The first kappa shape index (κ1) is 16.3. The van der Waals surface area contributed by atoms with Gasteiger partial charge in [0.05, 0.1) is 0 Å². The maximum atomic E-state index is 10.1. The van der Waals surface area contributed by atoms with Gasteiger partial charge in [-0.05, 0) is 48.6 Å². The Balaban J connectivity index is 1.42. The van der Waals surface area contributed by atoms with Crippen molar-refractivity contribution in [2.45, 2.75) is 31.4 Å². The lowest BCUT2D eigenvalue weighted by Crippen LogP contribution is -2.40. The minimum Gasteiger partial charge on any atom is -0.491 e. The number of hydrogen-bond acceptors (Lipinski definition) is 3. The van der Waals surface area contributed by atoms with Gasteiger partial charge < -0.3 is 15.2 Å². The van der Waals surface area contributed by atoms with E-state index in [9.17, 15) is 5.11 Å². The van der Waals surface area contributed by atoms with E-state index < -0.39 is 6.10 Å². The molecule has 3 rings (SSSR count). The number of nitrogens with one attached hydrogen (secondary N) is 1. The summed E-state index contributed by atoms with van der Waals surface area (Å²) >= 11 is 5.91. The standard InChI is InChI=1S/C19H22ClNO2/c20-16-6-3-7-19(11-16)23-13-18(22)12-21-17-9-8-14-4-1-2-5-15(14)10-17/h1-7,11,17-18,21-22H,8-10,12-13H2. The molecule has 2 aromatic carbocycles. The number of halogens is 1. The molecule has 0 fully saturated rings. The highest BCUT2D eigenvalue weighted by Gasteiger charge is 2.18. The molecule has 0 heterocycles. The molecular formula is C19H22ClNO2. The zero-order valence-electron chi connectivity index (χ0n) is 13.0. The third-order valence-corrected chi connectivity index (χ3v) is 4.46. The van der Waals surface area contributed by atoms with Crippen molar-refractivity contribution in [3.05, 3.63) is 64.7 Å². The number of benzene rings is 2. The second-order valence-corrected chi connectivity index (χ2v) is 6.48. The Morgan fingerprint density at radius 2 is 2.00 bits per heavy atom. The van der Waals surface area contributed by atoms with Crippen LogP contribution in [0, 0.1) is 0 Å². The minimum atomic E-state index is -0.536. The fraction of sp³-hybridized carbons (Fsp3) is 0.368. The Morgan fingerprint density at radius 3 is 2.83 bits per heavy atom. The number of hydrogen-bond donors (Lipinski definition) is 2. The van der Waals surface area contributed by atoms with Gasteiger partial charge in [0.2, 0.25) is 0 Å². The van der Waals surface area contributed by atoms with Crippen LogP contribution in [0.25, 0.3) is 0 Å². The van der Waals surface area contributed by atoms with Crippen LogP contribution in [0.15, 0.2) is 48.5 Å². The van der Waals surface area contributed by atoms with E-state index in [2.05, 4.69) is 29.6 Å². The maximum Gasteiger partial charge on any atom is 0.120 e. The number of ether oxygens (including phenoxy) is 1. The molecule has 1 aliphatic rings. The molecule has 0 saturated carbocycles. The minimum absolute atomic E-state index is 0.261. The van der Waals surface area contributed by atoms with Crippen LogP contribution in [-0.4, -0.2) is 30.4 Å². The first-order valence-electron chi connectivity index (χ1n) is 8.07. The molecule has 2 unspecified atom stereocenters.